The van der Waals surface area contributed by atoms with Gasteiger partial charge in [0.25, 0.3) is 0 Å². The Bertz CT molecular complexity index is 693. The molecule has 1 saturated heterocycles. The van der Waals surface area contributed by atoms with Gasteiger partial charge in [0, 0.05) is 37.2 Å². The van der Waals surface area contributed by atoms with Gasteiger partial charge >= 0.3 is 6.18 Å². The van der Waals surface area contributed by atoms with Crippen LogP contribution >= 0.6 is 0 Å². The van der Waals surface area contributed by atoms with E-state index in [-0.39, 0.29) is 11.9 Å². The molecular weight excluding hydrogens is 343 g/mol. The van der Waals surface area contributed by atoms with Crippen molar-refractivity contribution in [2.45, 2.75) is 18.6 Å². The molecule has 0 bridgehead atoms. The highest BCUT2D eigenvalue weighted by atomic mass is 19.4. The lowest BCUT2D eigenvalue weighted by Crippen LogP contribution is -2.30. The predicted octanol–water partition coefficient (Wildman–Crippen LogP) is 3.99. The number of alkyl halides is 3. The molecule has 1 atom stereocenters. The molecule has 2 aromatic rings. The average molecular weight is 363 g/mol. The second-order valence-corrected chi connectivity index (χ2v) is 5.72. The van der Waals surface area contributed by atoms with Crippen LogP contribution in [0.4, 0.5) is 18.9 Å². The number of anilines is 1. The van der Waals surface area contributed by atoms with Gasteiger partial charge in [-0.3, -0.25) is 9.78 Å². The van der Waals surface area contributed by atoms with E-state index in [1.807, 2.05) is 18.2 Å². The van der Waals surface area contributed by atoms with Crippen LogP contribution in [0.5, 0.6) is 0 Å². The number of hydrogen-bond donors (Lipinski definition) is 1. The number of pyridine rings is 1. The minimum atomic E-state index is -4.35. The third-order valence-electron chi connectivity index (χ3n) is 3.80. The molecule has 138 valence electrons. The van der Waals surface area contributed by atoms with Crippen LogP contribution in [0.2, 0.25) is 0 Å². The van der Waals surface area contributed by atoms with E-state index in [2.05, 4.69) is 16.9 Å². The smallest absolute Gasteiger partial charge is 0.380 e. The summed E-state index contributed by atoms with van der Waals surface area (Å²) in [6, 6.07) is 10.8. The van der Waals surface area contributed by atoms with Crippen LogP contribution < -0.4 is 5.32 Å². The molecule has 0 spiro atoms. The molecule has 1 unspecified atom stereocenters. The zero-order valence-electron chi connectivity index (χ0n) is 14.1. The first-order valence-corrected chi connectivity index (χ1v) is 8.10. The van der Waals surface area contributed by atoms with E-state index in [1.165, 1.54) is 12.1 Å². The van der Waals surface area contributed by atoms with Crippen LogP contribution in [0, 0.1) is 0 Å². The van der Waals surface area contributed by atoms with E-state index in [9.17, 15) is 18.0 Å². The van der Waals surface area contributed by atoms with Gasteiger partial charge in [-0.05, 0) is 42.8 Å². The Hall–Kier alpha value is -2.83. The molecule has 0 aliphatic carbocycles. The number of benzene rings is 1. The molecule has 7 heteroatoms. The van der Waals surface area contributed by atoms with E-state index in [0.29, 0.717) is 25.2 Å². The van der Waals surface area contributed by atoms with E-state index in [0.717, 1.165) is 12.1 Å². The summed E-state index contributed by atoms with van der Waals surface area (Å²) in [4.78, 5) is 16.8. The number of carbonyl (C=O) groups is 1. The molecule has 1 aromatic heterocycles. The zero-order chi connectivity index (χ0) is 19.0. The largest absolute Gasteiger partial charge is 0.416 e. The van der Waals surface area contributed by atoms with Crippen molar-refractivity contribution in [3.8, 4) is 0 Å². The summed E-state index contributed by atoms with van der Waals surface area (Å²) in [6.07, 6.45) is 1.10. The van der Waals surface area contributed by atoms with E-state index in [1.54, 1.807) is 23.4 Å². The highest BCUT2D eigenvalue weighted by Crippen LogP contribution is 2.31. The van der Waals surface area contributed by atoms with E-state index in [4.69, 9.17) is 0 Å². The van der Waals surface area contributed by atoms with Gasteiger partial charge in [-0.2, -0.15) is 13.2 Å². The van der Waals surface area contributed by atoms with Crippen LogP contribution in [0.1, 0.15) is 12.0 Å². The lowest BCUT2D eigenvalue weighted by Gasteiger charge is -2.17. The molecule has 1 N–H and O–H groups in total. The molecule has 26 heavy (non-hydrogen) atoms. The Morgan fingerprint density at radius 3 is 2.50 bits per heavy atom. The maximum absolute atomic E-state index is 12.6. The van der Waals surface area contributed by atoms with Gasteiger partial charge < -0.3 is 10.2 Å². The Balaban J connectivity index is 0.000000342. The molecule has 1 aliphatic rings. The molecule has 3 rings (SSSR count). The monoisotopic (exact) mass is 363 g/mol. The third kappa shape index (κ3) is 5.91. The van der Waals surface area contributed by atoms with E-state index < -0.39 is 11.7 Å². The summed E-state index contributed by atoms with van der Waals surface area (Å²) < 4.78 is 37.8. The molecule has 1 fully saturated rings. The number of nitrogens with one attached hydrogen (secondary N) is 1. The number of rotatable bonds is 3. The third-order valence-corrected chi connectivity index (χ3v) is 3.80. The van der Waals surface area contributed by atoms with Gasteiger partial charge in [0.15, 0.2) is 0 Å². The van der Waals surface area contributed by atoms with Crippen LogP contribution in [-0.2, 0) is 11.0 Å². The average Bonchev–Trinajstić information content (AvgIpc) is 3.11. The minimum absolute atomic E-state index is 0.0395. The van der Waals surface area contributed by atoms with Gasteiger partial charge in [0.05, 0.1) is 5.56 Å². The first-order chi connectivity index (χ1) is 12.4. The molecule has 0 saturated carbocycles. The number of amides is 1. The van der Waals surface area contributed by atoms with Crippen molar-refractivity contribution in [2.24, 2.45) is 0 Å². The van der Waals surface area contributed by atoms with Gasteiger partial charge in [0.1, 0.15) is 0 Å². The maximum Gasteiger partial charge on any atom is 0.416 e. The summed E-state index contributed by atoms with van der Waals surface area (Å²) in [7, 11) is 0. The zero-order valence-corrected chi connectivity index (χ0v) is 14.1. The fourth-order valence-electron chi connectivity index (χ4n) is 2.54. The Kier molecular flexibility index (Phi) is 6.77. The highest BCUT2D eigenvalue weighted by Gasteiger charge is 2.31. The fraction of sp³-hybridized carbons (Fsp3) is 0.263. The van der Waals surface area contributed by atoms with Gasteiger partial charge in [-0.15, -0.1) is 0 Å². The SMILES string of the molecule is C=CC(=O)N1CCC(Nc2cccc(C(F)(F)F)c2)C1.c1ccncc1. The first kappa shape index (κ1) is 19.5. The van der Waals surface area contributed by atoms with Crippen LogP contribution in [-0.4, -0.2) is 34.9 Å². The molecule has 1 aliphatic heterocycles. The van der Waals surface area contributed by atoms with Crippen molar-refractivity contribution in [2.75, 3.05) is 18.4 Å². The Morgan fingerprint density at radius 2 is 1.96 bits per heavy atom. The number of likely N-dealkylation sites (tertiary alicyclic amines) is 1. The lowest BCUT2D eigenvalue weighted by atomic mass is 10.1. The molecule has 4 nitrogen and oxygen atoms in total. The quantitative estimate of drug-likeness (QED) is 0.839. The number of halogens is 3. The van der Waals surface area contributed by atoms with Crippen molar-refractivity contribution in [3.05, 3.63) is 73.1 Å². The lowest BCUT2D eigenvalue weighted by molar-refractivity contribution is -0.137. The van der Waals surface area contributed by atoms with Crippen LogP contribution in [0.3, 0.4) is 0 Å². The molecule has 1 amide bonds. The first-order valence-electron chi connectivity index (χ1n) is 8.10. The minimum Gasteiger partial charge on any atom is -0.380 e. The summed E-state index contributed by atoms with van der Waals surface area (Å²) in [5.74, 6) is -0.154. The summed E-state index contributed by atoms with van der Waals surface area (Å²) in [5.41, 5.74) is -0.266. The highest BCUT2D eigenvalue weighted by molar-refractivity contribution is 5.87. The molecule has 0 radical (unpaired) electrons. The number of hydrogen-bond acceptors (Lipinski definition) is 3. The summed E-state index contributed by atoms with van der Waals surface area (Å²) in [6.45, 7) is 4.47. The van der Waals surface area contributed by atoms with Crippen molar-refractivity contribution in [3.63, 3.8) is 0 Å². The van der Waals surface area contributed by atoms with Gasteiger partial charge in [0.2, 0.25) is 5.91 Å². The Morgan fingerprint density at radius 1 is 1.23 bits per heavy atom. The second kappa shape index (κ2) is 9.03. The van der Waals surface area contributed by atoms with Crippen LogP contribution in [0.25, 0.3) is 0 Å². The van der Waals surface area contributed by atoms with Crippen molar-refractivity contribution in [1.29, 1.82) is 0 Å². The topological polar surface area (TPSA) is 45.2 Å². The van der Waals surface area contributed by atoms with Crippen molar-refractivity contribution in [1.82, 2.24) is 9.88 Å². The number of carbonyl (C=O) groups excluding carboxylic acids is 1. The molecule has 2 heterocycles. The normalized spacial score (nSPS) is 16.4. The maximum atomic E-state index is 12.6. The molecular formula is C19H20F3N3O. The van der Waals surface area contributed by atoms with Crippen LogP contribution in [0.15, 0.2) is 67.5 Å². The summed E-state index contributed by atoms with van der Waals surface area (Å²) in [5, 5.41) is 3.03. The van der Waals surface area contributed by atoms with Gasteiger partial charge in [-0.25, -0.2) is 0 Å². The van der Waals surface area contributed by atoms with Crippen molar-refractivity contribution >= 4 is 11.6 Å². The Labute approximate surface area is 150 Å². The predicted molar refractivity (Wildman–Crippen MR) is 94.5 cm³/mol. The van der Waals surface area contributed by atoms with Crippen molar-refractivity contribution < 1.29 is 18.0 Å². The fourth-order valence-corrected chi connectivity index (χ4v) is 2.54. The standard InChI is InChI=1S/C14H15F3N2O.C5H5N/c1-2-13(20)19-7-6-12(9-19)18-11-5-3-4-10(8-11)14(15,16)17;1-2-4-6-5-3-1/h2-5,8,12,18H,1,6-7,9H2;1-5H. The second-order valence-electron chi connectivity index (χ2n) is 5.72. The molecule has 1 aromatic carbocycles. The number of aromatic nitrogens is 1. The number of nitrogens with zero attached hydrogens (tertiary/aromatic N) is 2. The van der Waals surface area contributed by atoms with Gasteiger partial charge in [-0.1, -0.05) is 18.7 Å². The van der Waals surface area contributed by atoms with E-state index >= 15 is 0 Å². The summed E-state index contributed by atoms with van der Waals surface area (Å²) >= 11 is 0.